The molecule has 0 spiro atoms. The number of nitrogens with two attached hydrogens (primary N) is 2. The SMILES string of the molecule is N/C=C\c1ccccc1Cc1cc(CNC(c2ccc3ccccc3c2N)c2cccc3ccccc23)cc(C2=CC=CNC2)c1. The second-order valence-electron chi connectivity index (χ2n) is 11.9. The summed E-state index contributed by atoms with van der Waals surface area (Å²) in [6.45, 7) is 1.47. The quantitative estimate of drug-likeness (QED) is 0.126. The summed E-state index contributed by atoms with van der Waals surface area (Å²) in [5.41, 5.74) is 23.2. The monoisotopic (exact) mass is 598 g/mol. The van der Waals surface area contributed by atoms with Gasteiger partial charge in [0.15, 0.2) is 0 Å². The van der Waals surface area contributed by atoms with Gasteiger partial charge in [-0.25, -0.2) is 0 Å². The Kier molecular flexibility index (Phi) is 8.36. The molecule has 1 aliphatic rings. The van der Waals surface area contributed by atoms with Gasteiger partial charge in [-0.3, -0.25) is 0 Å². The topological polar surface area (TPSA) is 76.1 Å². The number of hydrogen-bond donors (Lipinski definition) is 4. The molecule has 1 unspecified atom stereocenters. The highest BCUT2D eigenvalue weighted by Crippen LogP contribution is 2.36. The molecule has 226 valence electrons. The maximum absolute atomic E-state index is 6.97. The van der Waals surface area contributed by atoms with Gasteiger partial charge in [0.2, 0.25) is 0 Å². The van der Waals surface area contributed by atoms with E-state index in [1.165, 1.54) is 44.2 Å². The van der Waals surface area contributed by atoms with E-state index in [-0.39, 0.29) is 6.04 Å². The number of nitrogens with one attached hydrogen (secondary N) is 2. The summed E-state index contributed by atoms with van der Waals surface area (Å²) in [5, 5.41) is 12.0. The Hall–Kier alpha value is -5.58. The Morgan fingerprint density at radius 1 is 0.739 bits per heavy atom. The maximum Gasteiger partial charge on any atom is 0.0606 e. The minimum atomic E-state index is -0.114. The molecule has 6 aromatic carbocycles. The highest BCUT2D eigenvalue weighted by Gasteiger charge is 2.20. The fourth-order valence-electron chi connectivity index (χ4n) is 6.67. The van der Waals surface area contributed by atoms with Crippen LogP contribution in [0.5, 0.6) is 0 Å². The molecule has 0 saturated carbocycles. The minimum Gasteiger partial charge on any atom is -0.405 e. The minimum absolute atomic E-state index is 0.114. The highest BCUT2D eigenvalue weighted by atomic mass is 14.9. The van der Waals surface area contributed by atoms with Gasteiger partial charge in [-0.1, -0.05) is 127 Å². The summed E-state index contributed by atoms with van der Waals surface area (Å²) >= 11 is 0. The molecule has 1 heterocycles. The van der Waals surface area contributed by atoms with Crippen LogP contribution in [0.25, 0.3) is 33.2 Å². The Labute approximate surface area is 270 Å². The molecule has 0 radical (unpaired) electrons. The lowest BCUT2D eigenvalue weighted by Crippen LogP contribution is -2.23. The van der Waals surface area contributed by atoms with Gasteiger partial charge in [-0.15, -0.1) is 0 Å². The molecule has 46 heavy (non-hydrogen) atoms. The number of dihydropyridines is 1. The van der Waals surface area contributed by atoms with Crippen molar-refractivity contribution in [1.29, 1.82) is 0 Å². The number of nitrogen functional groups attached to an aromatic ring is 1. The largest absolute Gasteiger partial charge is 0.405 e. The molecule has 6 N–H and O–H groups in total. The molecule has 7 rings (SSSR count). The van der Waals surface area contributed by atoms with Crippen molar-refractivity contribution in [2.75, 3.05) is 12.3 Å². The molecule has 1 atom stereocenters. The van der Waals surface area contributed by atoms with E-state index < -0.39 is 0 Å². The van der Waals surface area contributed by atoms with Gasteiger partial charge in [0, 0.05) is 24.2 Å². The third-order valence-corrected chi connectivity index (χ3v) is 8.91. The number of benzene rings is 6. The molecule has 6 aromatic rings. The first kappa shape index (κ1) is 29.1. The first-order valence-corrected chi connectivity index (χ1v) is 15.8. The molecule has 4 nitrogen and oxygen atoms in total. The van der Waals surface area contributed by atoms with Crippen molar-refractivity contribution in [3.8, 4) is 0 Å². The van der Waals surface area contributed by atoms with E-state index >= 15 is 0 Å². The molecule has 0 bridgehead atoms. The second kappa shape index (κ2) is 13.2. The van der Waals surface area contributed by atoms with Crippen LogP contribution in [0.15, 0.2) is 146 Å². The smallest absolute Gasteiger partial charge is 0.0606 e. The fraction of sp³-hybridized carbons (Fsp3) is 0.0952. The molecular weight excluding hydrogens is 560 g/mol. The molecule has 0 amide bonds. The number of rotatable bonds is 9. The van der Waals surface area contributed by atoms with Crippen molar-refractivity contribution in [3.05, 3.63) is 185 Å². The summed E-state index contributed by atoms with van der Waals surface area (Å²) in [6, 6.07) is 43.2. The number of anilines is 1. The van der Waals surface area contributed by atoms with Crippen LogP contribution in [0, 0.1) is 0 Å². The van der Waals surface area contributed by atoms with Crippen LogP contribution in [-0.2, 0) is 13.0 Å². The van der Waals surface area contributed by atoms with Crippen molar-refractivity contribution >= 4 is 38.9 Å². The zero-order valence-electron chi connectivity index (χ0n) is 25.8. The van der Waals surface area contributed by atoms with Crippen LogP contribution in [0.1, 0.15) is 45.0 Å². The number of allylic oxidation sites excluding steroid dienone is 2. The van der Waals surface area contributed by atoms with Crippen LogP contribution in [0.4, 0.5) is 5.69 Å². The van der Waals surface area contributed by atoms with Gasteiger partial charge in [-0.2, -0.15) is 0 Å². The molecule has 0 aromatic heterocycles. The van der Waals surface area contributed by atoms with Crippen LogP contribution < -0.4 is 22.1 Å². The number of fused-ring (bicyclic) bond motifs is 2. The van der Waals surface area contributed by atoms with Crippen molar-refractivity contribution in [1.82, 2.24) is 10.6 Å². The fourth-order valence-corrected chi connectivity index (χ4v) is 6.67. The summed E-state index contributed by atoms with van der Waals surface area (Å²) in [4.78, 5) is 0. The highest BCUT2D eigenvalue weighted by molar-refractivity contribution is 5.95. The van der Waals surface area contributed by atoms with E-state index in [1.54, 1.807) is 6.20 Å². The second-order valence-corrected chi connectivity index (χ2v) is 11.9. The van der Waals surface area contributed by atoms with Crippen molar-refractivity contribution in [3.63, 3.8) is 0 Å². The maximum atomic E-state index is 6.97. The van der Waals surface area contributed by atoms with Gasteiger partial charge >= 0.3 is 0 Å². The predicted molar refractivity (Wildman–Crippen MR) is 195 cm³/mol. The Bertz CT molecular complexity index is 2120. The van der Waals surface area contributed by atoms with E-state index in [0.29, 0.717) is 6.54 Å². The van der Waals surface area contributed by atoms with Crippen molar-refractivity contribution in [2.45, 2.75) is 19.0 Å². The average Bonchev–Trinajstić information content (AvgIpc) is 3.10. The predicted octanol–water partition coefficient (Wildman–Crippen LogP) is 8.47. The van der Waals surface area contributed by atoms with Gasteiger partial charge in [0.05, 0.1) is 6.04 Å². The van der Waals surface area contributed by atoms with Crippen molar-refractivity contribution in [2.24, 2.45) is 5.73 Å². The van der Waals surface area contributed by atoms with Crippen LogP contribution in [0.3, 0.4) is 0 Å². The van der Waals surface area contributed by atoms with Gasteiger partial charge in [0.25, 0.3) is 0 Å². The lowest BCUT2D eigenvalue weighted by molar-refractivity contribution is 0.610. The molecule has 0 fully saturated rings. The molecule has 0 aliphatic carbocycles. The zero-order valence-corrected chi connectivity index (χ0v) is 25.8. The molecule has 0 saturated heterocycles. The third kappa shape index (κ3) is 6.03. The molecule has 4 heteroatoms. The summed E-state index contributed by atoms with van der Waals surface area (Å²) < 4.78 is 0. The lowest BCUT2D eigenvalue weighted by Gasteiger charge is -2.24. The van der Waals surface area contributed by atoms with Crippen LogP contribution >= 0.6 is 0 Å². The van der Waals surface area contributed by atoms with Gasteiger partial charge in [-0.05, 0) is 91.6 Å². The van der Waals surface area contributed by atoms with Crippen LogP contribution in [-0.4, -0.2) is 6.54 Å². The van der Waals surface area contributed by atoms with Crippen molar-refractivity contribution < 1.29 is 0 Å². The first-order valence-electron chi connectivity index (χ1n) is 15.8. The third-order valence-electron chi connectivity index (χ3n) is 8.91. The summed E-state index contributed by atoms with van der Waals surface area (Å²) in [5.74, 6) is 0. The van der Waals surface area contributed by atoms with E-state index in [1.807, 2.05) is 12.3 Å². The van der Waals surface area contributed by atoms with E-state index in [4.69, 9.17) is 11.5 Å². The van der Waals surface area contributed by atoms with Gasteiger partial charge < -0.3 is 22.1 Å². The summed E-state index contributed by atoms with van der Waals surface area (Å²) in [6.07, 6.45) is 10.7. The number of hydrogen-bond acceptors (Lipinski definition) is 4. The molecule has 1 aliphatic heterocycles. The van der Waals surface area contributed by atoms with E-state index in [0.717, 1.165) is 40.6 Å². The average molecular weight is 599 g/mol. The lowest BCUT2D eigenvalue weighted by atomic mass is 9.90. The Morgan fingerprint density at radius 2 is 1.48 bits per heavy atom. The van der Waals surface area contributed by atoms with E-state index in [2.05, 4.69) is 144 Å². The summed E-state index contributed by atoms with van der Waals surface area (Å²) in [7, 11) is 0. The zero-order chi connectivity index (χ0) is 31.3. The molecular formula is C42H38N4. The van der Waals surface area contributed by atoms with Gasteiger partial charge in [0.1, 0.15) is 0 Å². The van der Waals surface area contributed by atoms with E-state index in [9.17, 15) is 0 Å². The Morgan fingerprint density at radius 3 is 2.30 bits per heavy atom. The normalized spacial score (nSPS) is 13.6. The standard InChI is InChI=1S/C42H38N4/c43-21-20-31-9-1-2-12-34(31)24-29-23-30(26-36(25-29)35-14-8-22-45-28-35)27-46-42(39-17-7-13-32-10-3-5-15-37(32)39)40-19-18-33-11-4-6-16-38(33)41(40)44/h1-23,25-26,42,45-46H,24,27-28,43-44H2/b21-20-. The first-order chi connectivity index (χ1) is 22.7. The Balaban J connectivity index is 1.30. The van der Waals surface area contributed by atoms with Crippen LogP contribution in [0.2, 0.25) is 0 Å².